The minimum absolute atomic E-state index is 0.472. The van der Waals surface area contributed by atoms with E-state index in [1.807, 2.05) is 6.92 Å². The van der Waals surface area contributed by atoms with Crippen molar-refractivity contribution >= 4 is 21.4 Å². The highest BCUT2D eigenvalue weighted by molar-refractivity contribution is 7.17. The fraction of sp³-hybridized carbons (Fsp3) is 0.529. The van der Waals surface area contributed by atoms with Crippen molar-refractivity contribution in [3.8, 4) is 0 Å². The molecule has 1 aromatic carbocycles. The van der Waals surface area contributed by atoms with Crippen molar-refractivity contribution in [2.24, 2.45) is 5.92 Å². The highest BCUT2D eigenvalue weighted by Gasteiger charge is 2.33. The molecule has 1 heterocycles. The van der Waals surface area contributed by atoms with Gasteiger partial charge in [-0.25, -0.2) is 0 Å². The van der Waals surface area contributed by atoms with Gasteiger partial charge in [0, 0.05) is 11.1 Å². The minimum Gasteiger partial charge on any atom is -0.390 e. The van der Waals surface area contributed by atoms with E-state index < -0.39 is 5.60 Å². The van der Waals surface area contributed by atoms with Gasteiger partial charge >= 0.3 is 0 Å². The lowest BCUT2D eigenvalue weighted by Crippen LogP contribution is -2.38. The first-order chi connectivity index (χ1) is 9.17. The highest BCUT2D eigenvalue weighted by atomic mass is 32.1. The Balaban J connectivity index is 1.83. The van der Waals surface area contributed by atoms with Crippen LogP contribution in [0.15, 0.2) is 29.6 Å². The van der Waals surface area contributed by atoms with E-state index in [0.29, 0.717) is 5.92 Å². The summed E-state index contributed by atoms with van der Waals surface area (Å²) in [6.07, 6.45) is 7.08. The highest BCUT2D eigenvalue weighted by Crippen LogP contribution is 2.37. The molecule has 1 aliphatic rings. The van der Waals surface area contributed by atoms with Crippen LogP contribution in [0.4, 0.5) is 0 Å². The quantitative estimate of drug-likeness (QED) is 0.854. The summed E-state index contributed by atoms with van der Waals surface area (Å²) in [6.45, 7) is 2.04. The molecule has 1 aliphatic carbocycles. The zero-order valence-corrected chi connectivity index (χ0v) is 12.4. The Morgan fingerprint density at radius 1 is 1.21 bits per heavy atom. The standard InChI is InChI=1S/C17H22OS/c1-17(18,14-7-3-2-4-8-14)11-13-12-19-16-10-6-5-9-15(13)16/h5-6,9-10,12,14,18H,2-4,7-8,11H2,1H3. The van der Waals surface area contributed by atoms with E-state index in [1.54, 1.807) is 11.3 Å². The van der Waals surface area contributed by atoms with Crippen LogP contribution in [0.25, 0.3) is 10.1 Å². The molecule has 1 nitrogen and oxygen atoms in total. The summed E-state index contributed by atoms with van der Waals surface area (Å²) in [4.78, 5) is 0. The fourth-order valence-electron chi connectivity index (χ4n) is 3.42. The molecule has 0 saturated heterocycles. The van der Waals surface area contributed by atoms with E-state index in [0.717, 1.165) is 6.42 Å². The first kappa shape index (κ1) is 13.1. The third kappa shape index (κ3) is 2.70. The third-order valence-corrected chi connectivity index (χ3v) is 5.61. The van der Waals surface area contributed by atoms with E-state index in [2.05, 4.69) is 29.6 Å². The van der Waals surface area contributed by atoms with Crippen LogP contribution in [0.1, 0.15) is 44.6 Å². The SMILES string of the molecule is CC(O)(Cc1csc2ccccc12)C1CCCCC1. The Morgan fingerprint density at radius 2 is 1.95 bits per heavy atom. The molecule has 0 radical (unpaired) electrons. The molecule has 0 aliphatic heterocycles. The number of benzene rings is 1. The number of hydrogen-bond donors (Lipinski definition) is 1. The smallest absolute Gasteiger partial charge is 0.0688 e. The van der Waals surface area contributed by atoms with Crippen molar-refractivity contribution in [3.05, 3.63) is 35.2 Å². The molecule has 3 rings (SSSR count). The minimum atomic E-state index is -0.551. The number of hydrogen-bond acceptors (Lipinski definition) is 2. The van der Waals surface area contributed by atoms with Crippen LogP contribution in [0, 0.1) is 5.92 Å². The molecular weight excluding hydrogens is 252 g/mol. The van der Waals surface area contributed by atoms with Gasteiger partial charge in [-0.2, -0.15) is 0 Å². The summed E-state index contributed by atoms with van der Waals surface area (Å²) in [5, 5.41) is 14.4. The molecular formula is C17H22OS. The first-order valence-electron chi connectivity index (χ1n) is 7.34. The van der Waals surface area contributed by atoms with Gasteiger partial charge in [0.25, 0.3) is 0 Å². The van der Waals surface area contributed by atoms with Crippen molar-refractivity contribution in [2.45, 2.75) is 51.0 Å². The molecule has 2 heteroatoms. The van der Waals surface area contributed by atoms with Crippen LogP contribution in [-0.2, 0) is 6.42 Å². The van der Waals surface area contributed by atoms with Crippen molar-refractivity contribution in [3.63, 3.8) is 0 Å². The van der Waals surface area contributed by atoms with Gasteiger partial charge in [0.1, 0.15) is 0 Å². The lowest BCUT2D eigenvalue weighted by molar-refractivity contribution is -0.0156. The molecule has 102 valence electrons. The summed E-state index contributed by atoms with van der Waals surface area (Å²) < 4.78 is 1.33. The van der Waals surface area contributed by atoms with E-state index in [1.165, 1.54) is 47.8 Å². The largest absolute Gasteiger partial charge is 0.390 e. The van der Waals surface area contributed by atoms with Gasteiger partial charge in [0.2, 0.25) is 0 Å². The van der Waals surface area contributed by atoms with Crippen molar-refractivity contribution < 1.29 is 5.11 Å². The predicted octanol–water partition coefficient (Wildman–Crippen LogP) is 4.78. The molecule has 0 amide bonds. The third-order valence-electron chi connectivity index (χ3n) is 4.59. The van der Waals surface area contributed by atoms with Crippen LogP contribution in [0.2, 0.25) is 0 Å². The van der Waals surface area contributed by atoms with Gasteiger partial charge in [0.05, 0.1) is 5.60 Å². The predicted molar refractivity (Wildman–Crippen MR) is 82.7 cm³/mol. The van der Waals surface area contributed by atoms with Crippen LogP contribution >= 0.6 is 11.3 Å². The second-order valence-corrected chi connectivity index (χ2v) is 7.04. The van der Waals surface area contributed by atoms with Crippen molar-refractivity contribution in [1.82, 2.24) is 0 Å². The zero-order valence-electron chi connectivity index (χ0n) is 11.6. The van der Waals surface area contributed by atoms with Crippen LogP contribution < -0.4 is 0 Å². The normalized spacial score (nSPS) is 20.5. The Hall–Kier alpha value is -0.860. The molecule has 1 unspecified atom stereocenters. The van der Waals surface area contributed by atoms with Gasteiger partial charge in [-0.1, -0.05) is 37.5 Å². The van der Waals surface area contributed by atoms with Crippen LogP contribution in [0.3, 0.4) is 0 Å². The number of rotatable bonds is 3. The zero-order chi connectivity index (χ0) is 13.3. The number of fused-ring (bicyclic) bond motifs is 1. The van der Waals surface area contributed by atoms with E-state index >= 15 is 0 Å². The average Bonchev–Trinajstić information content (AvgIpc) is 2.83. The molecule has 2 aromatic rings. The Morgan fingerprint density at radius 3 is 2.74 bits per heavy atom. The first-order valence-corrected chi connectivity index (χ1v) is 8.22. The van der Waals surface area contributed by atoms with Gasteiger partial charge in [-0.05, 0) is 48.1 Å². The number of aliphatic hydroxyl groups is 1. The molecule has 19 heavy (non-hydrogen) atoms. The lowest BCUT2D eigenvalue weighted by Gasteiger charge is -2.35. The Labute approximate surface area is 119 Å². The molecule has 1 aromatic heterocycles. The second-order valence-electron chi connectivity index (χ2n) is 6.13. The molecule has 1 saturated carbocycles. The summed E-state index contributed by atoms with van der Waals surface area (Å²) in [5.74, 6) is 0.472. The molecule has 1 N–H and O–H groups in total. The van der Waals surface area contributed by atoms with E-state index in [4.69, 9.17) is 0 Å². The topological polar surface area (TPSA) is 20.2 Å². The maximum absolute atomic E-state index is 10.9. The summed E-state index contributed by atoms with van der Waals surface area (Å²) in [5.41, 5.74) is 0.765. The van der Waals surface area contributed by atoms with Crippen molar-refractivity contribution in [2.75, 3.05) is 0 Å². The average molecular weight is 274 g/mol. The van der Waals surface area contributed by atoms with Gasteiger partial charge < -0.3 is 5.11 Å². The van der Waals surface area contributed by atoms with Gasteiger partial charge in [-0.15, -0.1) is 11.3 Å². The Kier molecular flexibility index (Phi) is 3.64. The molecule has 1 fully saturated rings. The Bertz CT molecular complexity index is 549. The van der Waals surface area contributed by atoms with E-state index in [9.17, 15) is 5.11 Å². The van der Waals surface area contributed by atoms with Crippen LogP contribution in [-0.4, -0.2) is 10.7 Å². The molecule has 0 bridgehead atoms. The summed E-state index contributed by atoms with van der Waals surface area (Å²) >= 11 is 1.79. The molecule has 0 spiro atoms. The summed E-state index contributed by atoms with van der Waals surface area (Å²) in [7, 11) is 0. The maximum Gasteiger partial charge on any atom is 0.0688 e. The second kappa shape index (κ2) is 5.26. The molecule has 1 atom stereocenters. The number of thiophene rings is 1. The summed E-state index contributed by atoms with van der Waals surface area (Å²) in [6, 6.07) is 8.52. The van der Waals surface area contributed by atoms with E-state index in [-0.39, 0.29) is 0 Å². The maximum atomic E-state index is 10.9. The lowest BCUT2D eigenvalue weighted by atomic mass is 9.75. The van der Waals surface area contributed by atoms with Crippen LogP contribution in [0.5, 0.6) is 0 Å². The van der Waals surface area contributed by atoms with Gasteiger partial charge in [0.15, 0.2) is 0 Å². The van der Waals surface area contributed by atoms with Gasteiger partial charge in [-0.3, -0.25) is 0 Å². The monoisotopic (exact) mass is 274 g/mol. The fourth-order valence-corrected chi connectivity index (χ4v) is 4.39. The van der Waals surface area contributed by atoms with Crippen molar-refractivity contribution in [1.29, 1.82) is 0 Å².